The Kier molecular flexibility index (Phi) is 5.07. The molecule has 2 aliphatic heterocycles. The molecule has 4 rings (SSSR count). The van der Waals surface area contributed by atoms with Crippen LogP contribution in [0.25, 0.3) is 0 Å². The van der Waals surface area contributed by atoms with Crippen molar-refractivity contribution in [2.24, 2.45) is 0 Å². The van der Waals surface area contributed by atoms with Gasteiger partial charge in [0, 0.05) is 25.6 Å². The van der Waals surface area contributed by atoms with Crippen LogP contribution < -0.4 is 18.9 Å². The normalized spacial score (nSPS) is 16.8. The van der Waals surface area contributed by atoms with Gasteiger partial charge in [-0.2, -0.15) is 4.31 Å². The smallest absolute Gasteiger partial charge is 0.243 e. The fourth-order valence-corrected chi connectivity index (χ4v) is 4.95. The van der Waals surface area contributed by atoms with Gasteiger partial charge in [0.25, 0.3) is 0 Å². The van der Waals surface area contributed by atoms with Crippen molar-refractivity contribution in [1.82, 2.24) is 4.31 Å². The molecule has 0 radical (unpaired) electrons. The minimum atomic E-state index is -3.66. The van der Waals surface area contributed by atoms with Crippen LogP contribution in [0.3, 0.4) is 0 Å². The number of ether oxygens (including phenoxy) is 4. The fraction of sp³-hybridized carbons (Fsp3) is 0.400. The van der Waals surface area contributed by atoms with Crippen molar-refractivity contribution >= 4 is 10.0 Å². The van der Waals surface area contributed by atoms with E-state index >= 15 is 0 Å². The summed E-state index contributed by atoms with van der Waals surface area (Å²) in [6.07, 6.45) is 1.38. The van der Waals surface area contributed by atoms with Crippen molar-refractivity contribution in [2.45, 2.75) is 24.3 Å². The van der Waals surface area contributed by atoms with E-state index in [1.54, 1.807) is 32.4 Å². The van der Waals surface area contributed by atoms with Gasteiger partial charge in [0.1, 0.15) is 0 Å². The summed E-state index contributed by atoms with van der Waals surface area (Å²) in [5, 5.41) is 0. The summed E-state index contributed by atoms with van der Waals surface area (Å²) in [5.41, 5.74) is 1.99. The summed E-state index contributed by atoms with van der Waals surface area (Å²) >= 11 is 0. The molecule has 7 nitrogen and oxygen atoms in total. The van der Waals surface area contributed by atoms with Crippen molar-refractivity contribution in [3.05, 3.63) is 41.5 Å². The molecule has 0 amide bonds. The SMILES string of the molecule is COc1cc2c(cc1OC)CN(S(=O)(=O)c1ccc3c(c1)OCCCO3)CC2. The molecule has 2 aromatic carbocycles. The van der Waals surface area contributed by atoms with Crippen molar-refractivity contribution in [2.75, 3.05) is 34.0 Å². The summed E-state index contributed by atoms with van der Waals surface area (Å²) in [4.78, 5) is 0.209. The molecular weight excluding hydrogens is 382 g/mol. The molecule has 0 spiro atoms. The first kappa shape index (κ1) is 18.9. The van der Waals surface area contributed by atoms with Crippen LogP contribution in [0.5, 0.6) is 23.0 Å². The zero-order valence-electron chi connectivity index (χ0n) is 15.9. The van der Waals surface area contributed by atoms with Crippen LogP contribution >= 0.6 is 0 Å². The van der Waals surface area contributed by atoms with Gasteiger partial charge in [0.15, 0.2) is 23.0 Å². The molecule has 0 aromatic heterocycles. The number of hydrogen-bond donors (Lipinski definition) is 0. The van der Waals surface area contributed by atoms with E-state index in [1.807, 2.05) is 12.1 Å². The Morgan fingerprint density at radius 3 is 2.32 bits per heavy atom. The van der Waals surface area contributed by atoms with Crippen molar-refractivity contribution in [3.8, 4) is 23.0 Å². The van der Waals surface area contributed by atoms with Crippen LogP contribution in [0.4, 0.5) is 0 Å². The number of sulfonamides is 1. The zero-order valence-corrected chi connectivity index (χ0v) is 16.8. The van der Waals surface area contributed by atoms with E-state index in [2.05, 4.69) is 0 Å². The van der Waals surface area contributed by atoms with E-state index in [4.69, 9.17) is 18.9 Å². The average molecular weight is 405 g/mol. The Morgan fingerprint density at radius 1 is 0.929 bits per heavy atom. The van der Waals surface area contributed by atoms with Gasteiger partial charge >= 0.3 is 0 Å². The Balaban J connectivity index is 1.64. The third kappa shape index (κ3) is 3.38. The second-order valence-electron chi connectivity index (χ2n) is 6.72. The van der Waals surface area contributed by atoms with Crippen molar-refractivity contribution in [3.63, 3.8) is 0 Å². The topological polar surface area (TPSA) is 74.3 Å². The van der Waals surface area contributed by atoms with Gasteiger partial charge in [0.05, 0.1) is 32.3 Å². The number of rotatable bonds is 4. The summed E-state index contributed by atoms with van der Waals surface area (Å²) in [6, 6.07) is 8.57. The van der Waals surface area contributed by atoms with E-state index in [0.29, 0.717) is 49.2 Å². The highest BCUT2D eigenvalue weighted by atomic mass is 32.2. The van der Waals surface area contributed by atoms with E-state index in [9.17, 15) is 8.42 Å². The molecule has 0 saturated heterocycles. The second-order valence-corrected chi connectivity index (χ2v) is 8.66. The van der Waals surface area contributed by atoms with Crippen molar-refractivity contribution < 1.29 is 27.4 Å². The summed E-state index contributed by atoms with van der Waals surface area (Å²) < 4.78 is 49.9. The summed E-state index contributed by atoms with van der Waals surface area (Å²) in [6.45, 7) is 1.76. The molecule has 8 heteroatoms. The molecule has 0 fully saturated rings. The third-order valence-corrected chi connectivity index (χ3v) is 6.88. The molecular formula is C20H23NO6S. The first-order valence-corrected chi connectivity index (χ1v) is 10.6. The predicted molar refractivity (Wildman–Crippen MR) is 103 cm³/mol. The quantitative estimate of drug-likeness (QED) is 0.779. The Bertz CT molecular complexity index is 988. The lowest BCUT2D eigenvalue weighted by Crippen LogP contribution is -2.36. The van der Waals surface area contributed by atoms with E-state index in [-0.39, 0.29) is 11.4 Å². The van der Waals surface area contributed by atoms with Gasteiger partial charge in [-0.25, -0.2) is 8.42 Å². The second kappa shape index (κ2) is 7.52. The lowest BCUT2D eigenvalue weighted by Gasteiger charge is -2.29. The van der Waals surface area contributed by atoms with E-state index in [0.717, 1.165) is 17.5 Å². The zero-order chi connectivity index (χ0) is 19.7. The van der Waals surface area contributed by atoms with Gasteiger partial charge in [-0.05, 0) is 41.8 Å². The Hall–Kier alpha value is -2.45. The van der Waals surface area contributed by atoms with Crippen LogP contribution in [0.2, 0.25) is 0 Å². The van der Waals surface area contributed by atoms with Gasteiger partial charge in [-0.15, -0.1) is 0 Å². The standard InChI is InChI=1S/C20H23NO6S/c1-24-18-10-14-6-7-21(13-15(14)11-19(18)25-2)28(22,23)16-4-5-17-20(12-16)27-9-3-8-26-17/h4-5,10-12H,3,6-9,13H2,1-2H3. The largest absolute Gasteiger partial charge is 0.493 e. The highest BCUT2D eigenvalue weighted by Crippen LogP contribution is 2.36. The molecule has 0 atom stereocenters. The fourth-order valence-electron chi connectivity index (χ4n) is 3.52. The minimum Gasteiger partial charge on any atom is -0.493 e. The van der Waals surface area contributed by atoms with E-state index in [1.165, 1.54) is 4.31 Å². The van der Waals surface area contributed by atoms with Gasteiger partial charge < -0.3 is 18.9 Å². The molecule has 150 valence electrons. The number of hydrogen-bond acceptors (Lipinski definition) is 6. The number of nitrogens with zero attached hydrogens (tertiary/aromatic N) is 1. The Morgan fingerprint density at radius 2 is 1.61 bits per heavy atom. The van der Waals surface area contributed by atoms with Gasteiger partial charge in [-0.1, -0.05) is 0 Å². The van der Waals surface area contributed by atoms with Crippen LogP contribution in [-0.2, 0) is 23.0 Å². The van der Waals surface area contributed by atoms with Crippen LogP contribution in [0.15, 0.2) is 35.2 Å². The summed E-state index contributed by atoms with van der Waals surface area (Å²) in [5.74, 6) is 2.30. The molecule has 0 aliphatic carbocycles. The number of benzene rings is 2. The first-order chi connectivity index (χ1) is 13.5. The maximum atomic E-state index is 13.2. The molecule has 2 aliphatic rings. The van der Waals surface area contributed by atoms with Crippen LogP contribution in [-0.4, -0.2) is 46.7 Å². The molecule has 2 heterocycles. The molecule has 0 unspecified atom stereocenters. The number of methoxy groups -OCH3 is 2. The van der Waals surface area contributed by atoms with Gasteiger partial charge in [-0.3, -0.25) is 0 Å². The molecule has 28 heavy (non-hydrogen) atoms. The predicted octanol–water partition coefficient (Wildman–Crippen LogP) is 2.61. The van der Waals surface area contributed by atoms with Crippen LogP contribution in [0.1, 0.15) is 17.5 Å². The van der Waals surface area contributed by atoms with Gasteiger partial charge in [0.2, 0.25) is 10.0 Å². The molecule has 0 N–H and O–H groups in total. The first-order valence-electron chi connectivity index (χ1n) is 9.16. The molecule has 2 aromatic rings. The maximum Gasteiger partial charge on any atom is 0.243 e. The molecule has 0 saturated carbocycles. The third-order valence-electron chi connectivity index (χ3n) is 5.04. The average Bonchev–Trinajstić information content (AvgIpc) is 2.97. The van der Waals surface area contributed by atoms with Crippen molar-refractivity contribution in [1.29, 1.82) is 0 Å². The highest BCUT2D eigenvalue weighted by Gasteiger charge is 2.30. The molecule has 0 bridgehead atoms. The lowest BCUT2D eigenvalue weighted by molar-refractivity contribution is 0.296. The maximum absolute atomic E-state index is 13.2. The highest BCUT2D eigenvalue weighted by molar-refractivity contribution is 7.89. The number of fused-ring (bicyclic) bond motifs is 2. The lowest BCUT2D eigenvalue weighted by atomic mass is 10.0. The Labute approximate surface area is 164 Å². The summed E-state index contributed by atoms with van der Waals surface area (Å²) in [7, 11) is -0.500. The minimum absolute atomic E-state index is 0.209. The monoisotopic (exact) mass is 405 g/mol. The van der Waals surface area contributed by atoms with E-state index < -0.39 is 10.0 Å². The van der Waals surface area contributed by atoms with Crippen LogP contribution in [0, 0.1) is 0 Å².